The number of nitrogens with one attached hydrogen (secondary N) is 2. The number of aryl methyl sites for hydroxylation is 2. The molecule has 0 aliphatic rings. The number of nitrogen functional groups attached to an aromatic ring is 1. The van der Waals surface area contributed by atoms with E-state index >= 15 is 0 Å². The van der Waals surface area contributed by atoms with Crippen LogP contribution < -0.4 is 16.6 Å². The zero-order valence-electron chi connectivity index (χ0n) is 11.4. The molecule has 2 aromatic rings. The van der Waals surface area contributed by atoms with E-state index in [1.165, 1.54) is 6.33 Å². The molecule has 0 aliphatic heterocycles. The summed E-state index contributed by atoms with van der Waals surface area (Å²) in [7, 11) is 1.90. The monoisotopic (exact) mass is 261 g/mol. The molecule has 0 radical (unpaired) electrons. The molecule has 4 N–H and O–H groups in total. The molecule has 7 heteroatoms. The lowest BCUT2D eigenvalue weighted by molar-refractivity contribution is 0.743. The molecule has 0 saturated carbocycles. The van der Waals surface area contributed by atoms with Crippen LogP contribution in [0.5, 0.6) is 0 Å². The highest BCUT2D eigenvalue weighted by Gasteiger charge is 2.11. The Hall–Kier alpha value is -2.15. The minimum absolute atomic E-state index is 0.645. The number of nitrogens with zero attached hydrogens (tertiary/aromatic N) is 4. The van der Waals surface area contributed by atoms with Gasteiger partial charge in [-0.15, -0.1) is 0 Å². The van der Waals surface area contributed by atoms with Crippen LogP contribution in [0.25, 0.3) is 0 Å². The second kappa shape index (κ2) is 5.66. The van der Waals surface area contributed by atoms with Gasteiger partial charge in [0.2, 0.25) is 0 Å². The number of hydrogen-bond acceptors (Lipinski definition) is 6. The van der Waals surface area contributed by atoms with Gasteiger partial charge in [-0.05, 0) is 13.3 Å². The molecule has 0 atom stereocenters. The number of hydrazine groups is 1. The molecule has 7 nitrogen and oxygen atoms in total. The third-order valence-corrected chi connectivity index (χ3v) is 2.94. The first-order valence-electron chi connectivity index (χ1n) is 6.23. The van der Waals surface area contributed by atoms with Crippen molar-refractivity contribution >= 4 is 17.5 Å². The average Bonchev–Trinajstić information content (AvgIpc) is 2.70. The fraction of sp³-hybridized carbons (Fsp3) is 0.417. The van der Waals surface area contributed by atoms with Gasteiger partial charge in [-0.25, -0.2) is 15.8 Å². The Labute approximate surface area is 112 Å². The predicted octanol–water partition coefficient (Wildman–Crippen LogP) is 1.50. The van der Waals surface area contributed by atoms with Crippen LogP contribution in [0.1, 0.15) is 24.6 Å². The van der Waals surface area contributed by atoms with Crippen molar-refractivity contribution in [3.63, 3.8) is 0 Å². The lowest BCUT2D eigenvalue weighted by Gasteiger charge is -2.11. The first-order chi connectivity index (χ1) is 9.15. The molecule has 0 bridgehead atoms. The van der Waals surface area contributed by atoms with Gasteiger partial charge in [-0.2, -0.15) is 5.10 Å². The number of aromatic nitrogens is 4. The third-order valence-electron chi connectivity index (χ3n) is 2.94. The maximum atomic E-state index is 5.48. The molecule has 19 heavy (non-hydrogen) atoms. The summed E-state index contributed by atoms with van der Waals surface area (Å²) in [4.78, 5) is 8.40. The van der Waals surface area contributed by atoms with Crippen molar-refractivity contribution < 1.29 is 0 Å². The lowest BCUT2D eigenvalue weighted by atomic mass is 10.1. The highest BCUT2D eigenvalue weighted by Crippen LogP contribution is 2.23. The number of anilines is 3. The van der Waals surface area contributed by atoms with Crippen molar-refractivity contribution in [3.8, 4) is 0 Å². The summed E-state index contributed by atoms with van der Waals surface area (Å²) < 4.78 is 1.81. The maximum absolute atomic E-state index is 5.48. The van der Waals surface area contributed by atoms with E-state index in [0.29, 0.717) is 5.82 Å². The topological polar surface area (TPSA) is 93.7 Å². The molecule has 2 heterocycles. The molecule has 0 spiro atoms. The summed E-state index contributed by atoms with van der Waals surface area (Å²) >= 11 is 0. The van der Waals surface area contributed by atoms with Gasteiger partial charge in [-0.3, -0.25) is 4.68 Å². The molecule has 0 aliphatic carbocycles. The molecule has 0 unspecified atom stereocenters. The molecule has 0 aromatic carbocycles. The summed E-state index contributed by atoms with van der Waals surface area (Å²) in [5, 5.41) is 7.57. The van der Waals surface area contributed by atoms with Gasteiger partial charge in [0.25, 0.3) is 0 Å². The summed E-state index contributed by atoms with van der Waals surface area (Å²) in [6.07, 6.45) is 3.30. The average molecular weight is 261 g/mol. The molecule has 2 rings (SSSR count). The first-order valence-corrected chi connectivity index (χ1v) is 6.23. The van der Waals surface area contributed by atoms with E-state index in [1.807, 2.05) is 24.7 Å². The van der Waals surface area contributed by atoms with Crippen molar-refractivity contribution in [3.05, 3.63) is 23.7 Å². The van der Waals surface area contributed by atoms with E-state index in [-0.39, 0.29) is 0 Å². The van der Waals surface area contributed by atoms with Crippen LogP contribution in [0.4, 0.5) is 17.5 Å². The zero-order valence-corrected chi connectivity index (χ0v) is 11.4. The highest BCUT2D eigenvalue weighted by atomic mass is 15.3. The van der Waals surface area contributed by atoms with Crippen molar-refractivity contribution in [1.29, 1.82) is 0 Å². The van der Waals surface area contributed by atoms with Crippen LogP contribution in [0.3, 0.4) is 0 Å². The molecule has 2 aromatic heterocycles. The van der Waals surface area contributed by atoms with Crippen molar-refractivity contribution in [2.45, 2.75) is 26.7 Å². The smallest absolute Gasteiger partial charge is 0.153 e. The maximum Gasteiger partial charge on any atom is 0.153 e. The van der Waals surface area contributed by atoms with Crippen molar-refractivity contribution in [2.24, 2.45) is 12.9 Å². The molecule has 0 saturated heterocycles. The Morgan fingerprint density at radius 2 is 2.05 bits per heavy atom. The van der Waals surface area contributed by atoms with Crippen LogP contribution in [-0.2, 0) is 13.5 Å². The van der Waals surface area contributed by atoms with Crippen LogP contribution in [-0.4, -0.2) is 19.7 Å². The summed E-state index contributed by atoms with van der Waals surface area (Å²) in [5.41, 5.74) is 4.65. The van der Waals surface area contributed by atoms with Crippen LogP contribution in [0, 0.1) is 6.92 Å². The predicted molar refractivity (Wildman–Crippen MR) is 75.1 cm³/mol. The van der Waals surface area contributed by atoms with Gasteiger partial charge in [0.15, 0.2) is 5.82 Å². The fourth-order valence-electron chi connectivity index (χ4n) is 1.87. The van der Waals surface area contributed by atoms with Gasteiger partial charge in [-0.1, -0.05) is 13.3 Å². The Morgan fingerprint density at radius 1 is 1.32 bits per heavy atom. The molecule has 102 valence electrons. The number of hydrogen-bond donors (Lipinski definition) is 3. The minimum Gasteiger partial charge on any atom is -0.323 e. The Bertz CT molecular complexity index is 542. The fourth-order valence-corrected chi connectivity index (χ4v) is 1.87. The Balaban J connectivity index is 2.33. The van der Waals surface area contributed by atoms with E-state index in [2.05, 4.69) is 32.7 Å². The first kappa shape index (κ1) is 13.3. The molecular weight excluding hydrogens is 242 g/mol. The van der Waals surface area contributed by atoms with E-state index in [0.717, 1.165) is 35.7 Å². The van der Waals surface area contributed by atoms with Gasteiger partial charge in [0, 0.05) is 24.4 Å². The van der Waals surface area contributed by atoms with E-state index in [1.54, 1.807) is 0 Å². The summed E-state index contributed by atoms with van der Waals surface area (Å²) in [6.45, 7) is 4.10. The Kier molecular flexibility index (Phi) is 3.96. The SMILES string of the molecule is CCCc1c(NN)ncnc1Nc1cc(C)n(C)n1. The van der Waals surface area contributed by atoms with E-state index in [4.69, 9.17) is 5.84 Å². The van der Waals surface area contributed by atoms with E-state index < -0.39 is 0 Å². The van der Waals surface area contributed by atoms with Crippen molar-refractivity contribution in [2.75, 3.05) is 10.7 Å². The third kappa shape index (κ3) is 2.82. The number of nitrogens with two attached hydrogens (primary N) is 1. The quantitative estimate of drug-likeness (QED) is 0.558. The summed E-state index contributed by atoms with van der Waals surface area (Å²) in [5.74, 6) is 7.63. The highest BCUT2D eigenvalue weighted by molar-refractivity contribution is 5.62. The largest absolute Gasteiger partial charge is 0.323 e. The van der Waals surface area contributed by atoms with Crippen LogP contribution in [0.15, 0.2) is 12.4 Å². The van der Waals surface area contributed by atoms with Crippen molar-refractivity contribution in [1.82, 2.24) is 19.7 Å². The molecule has 0 fully saturated rings. The second-order valence-electron chi connectivity index (χ2n) is 4.36. The normalized spacial score (nSPS) is 10.5. The molecular formula is C12H19N7. The lowest BCUT2D eigenvalue weighted by Crippen LogP contribution is -2.13. The van der Waals surface area contributed by atoms with Gasteiger partial charge in [0.1, 0.15) is 18.0 Å². The van der Waals surface area contributed by atoms with Gasteiger partial charge >= 0.3 is 0 Å². The van der Waals surface area contributed by atoms with Crippen LogP contribution in [0.2, 0.25) is 0 Å². The molecule has 0 amide bonds. The number of rotatable bonds is 5. The Morgan fingerprint density at radius 3 is 2.63 bits per heavy atom. The second-order valence-corrected chi connectivity index (χ2v) is 4.36. The van der Waals surface area contributed by atoms with Gasteiger partial charge in [0.05, 0.1) is 0 Å². The minimum atomic E-state index is 0.645. The van der Waals surface area contributed by atoms with Crippen LogP contribution >= 0.6 is 0 Å². The standard InChI is InChI=1S/C12H19N7/c1-4-5-9-11(14-7-15-12(9)17-13)16-10-6-8(2)19(3)18-10/h6-7H,4-5,13H2,1-3H3,(H2,14,15,16,17,18). The van der Waals surface area contributed by atoms with E-state index in [9.17, 15) is 0 Å². The van der Waals surface area contributed by atoms with Gasteiger partial charge < -0.3 is 10.7 Å². The zero-order chi connectivity index (χ0) is 13.8. The summed E-state index contributed by atoms with van der Waals surface area (Å²) in [6, 6.07) is 1.97.